The molecular formula is C13H9N3O5S. The number of nitriles is 1. The van der Waals surface area contributed by atoms with Crippen molar-refractivity contribution < 1.29 is 18.4 Å². The molecule has 0 spiro atoms. The van der Waals surface area contributed by atoms with Gasteiger partial charge in [-0.05, 0) is 30.3 Å². The first-order valence-electron chi connectivity index (χ1n) is 5.84. The largest absolute Gasteiger partial charge is 0.502 e. The van der Waals surface area contributed by atoms with Crippen LogP contribution in [0.5, 0.6) is 5.75 Å². The minimum absolute atomic E-state index is 0.148. The lowest BCUT2D eigenvalue weighted by Gasteiger charge is -2.08. The molecule has 2 rings (SSSR count). The molecule has 0 bridgehead atoms. The predicted octanol–water partition coefficient (Wildman–Crippen LogP) is 1.97. The van der Waals surface area contributed by atoms with Gasteiger partial charge >= 0.3 is 5.69 Å². The highest BCUT2D eigenvalue weighted by atomic mass is 32.2. The number of phenols is 1. The zero-order valence-corrected chi connectivity index (χ0v) is 11.7. The normalized spacial score (nSPS) is 10.7. The molecule has 0 saturated carbocycles. The fraction of sp³-hybridized carbons (Fsp3) is 0. The molecule has 0 atom stereocenters. The maximum atomic E-state index is 12.2. The van der Waals surface area contributed by atoms with Gasteiger partial charge in [-0.3, -0.25) is 14.8 Å². The van der Waals surface area contributed by atoms with Gasteiger partial charge in [0.15, 0.2) is 5.75 Å². The van der Waals surface area contributed by atoms with Crippen LogP contribution < -0.4 is 4.72 Å². The quantitative estimate of drug-likeness (QED) is 0.653. The lowest BCUT2D eigenvalue weighted by atomic mass is 10.2. The summed E-state index contributed by atoms with van der Waals surface area (Å²) < 4.78 is 26.6. The topological polar surface area (TPSA) is 133 Å². The van der Waals surface area contributed by atoms with E-state index >= 15 is 0 Å². The molecule has 9 heteroatoms. The molecule has 0 unspecified atom stereocenters. The van der Waals surface area contributed by atoms with Crippen LogP contribution in [-0.2, 0) is 10.0 Å². The number of aromatic hydroxyl groups is 1. The van der Waals surface area contributed by atoms with Crippen LogP contribution in [0.2, 0.25) is 0 Å². The van der Waals surface area contributed by atoms with Crippen LogP contribution in [0.25, 0.3) is 0 Å². The van der Waals surface area contributed by atoms with Crippen molar-refractivity contribution in [1.82, 2.24) is 0 Å². The number of phenolic OH excluding ortho intramolecular Hbond substituents is 1. The number of nitro groups is 1. The molecule has 0 saturated heterocycles. The Morgan fingerprint density at radius 2 is 1.95 bits per heavy atom. The summed E-state index contributed by atoms with van der Waals surface area (Å²) in [5.74, 6) is -0.629. The van der Waals surface area contributed by atoms with Gasteiger partial charge in [0, 0.05) is 6.07 Å². The maximum Gasteiger partial charge on any atom is 0.312 e. The third-order valence-corrected chi connectivity index (χ3v) is 4.08. The SMILES string of the molecule is N#Cc1cccc(NS(=O)(=O)c2ccc(O)c([N+](=O)[O-])c2)c1. The first kappa shape index (κ1) is 15.3. The van der Waals surface area contributed by atoms with E-state index in [2.05, 4.69) is 4.72 Å². The second-order valence-electron chi connectivity index (χ2n) is 4.21. The minimum Gasteiger partial charge on any atom is -0.502 e. The van der Waals surface area contributed by atoms with Crippen molar-refractivity contribution in [1.29, 1.82) is 5.26 Å². The van der Waals surface area contributed by atoms with E-state index < -0.39 is 26.4 Å². The van der Waals surface area contributed by atoms with Gasteiger partial charge in [-0.1, -0.05) is 6.07 Å². The van der Waals surface area contributed by atoms with Crippen LogP contribution in [0.4, 0.5) is 11.4 Å². The van der Waals surface area contributed by atoms with Gasteiger partial charge in [0.25, 0.3) is 10.0 Å². The Morgan fingerprint density at radius 1 is 1.23 bits per heavy atom. The smallest absolute Gasteiger partial charge is 0.312 e. The van der Waals surface area contributed by atoms with E-state index in [-0.39, 0.29) is 16.1 Å². The molecule has 2 aromatic carbocycles. The average molecular weight is 319 g/mol. The number of nitrogens with one attached hydrogen (secondary N) is 1. The van der Waals surface area contributed by atoms with Crippen molar-refractivity contribution in [2.75, 3.05) is 4.72 Å². The van der Waals surface area contributed by atoms with E-state index in [4.69, 9.17) is 5.26 Å². The molecule has 0 aliphatic heterocycles. The number of anilines is 1. The first-order chi connectivity index (χ1) is 10.3. The number of nitrogens with zero attached hydrogens (tertiary/aromatic N) is 2. The summed E-state index contributed by atoms with van der Waals surface area (Å²) in [6.45, 7) is 0. The number of sulfonamides is 1. The van der Waals surface area contributed by atoms with Gasteiger partial charge in [-0.25, -0.2) is 8.42 Å². The molecule has 8 nitrogen and oxygen atoms in total. The van der Waals surface area contributed by atoms with Crippen LogP contribution in [-0.4, -0.2) is 18.4 Å². The van der Waals surface area contributed by atoms with Gasteiger partial charge in [0.1, 0.15) is 0 Å². The fourth-order valence-corrected chi connectivity index (χ4v) is 2.75. The van der Waals surface area contributed by atoms with Crippen molar-refractivity contribution in [2.45, 2.75) is 4.90 Å². The van der Waals surface area contributed by atoms with Gasteiger partial charge in [0.2, 0.25) is 0 Å². The van der Waals surface area contributed by atoms with E-state index in [9.17, 15) is 23.6 Å². The van der Waals surface area contributed by atoms with E-state index in [0.717, 1.165) is 18.2 Å². The van der Waals surface area contributed by atoms with E-state index in [1.807, 2.05) is 6.07 Å². The molecule has 112 valence electrons. The highest BCUT2D eigenvalue weighted by Crippen LogP contribution is 2.29. The van der Waals surface area contributed by atoms with Crippen molar-refractivity contribution in [3.63, 3.8) is 0 Å². The van der Waals surface area contributed by atoms with Gasteiger partial charge in [-0.2, -0.15) is 5.26 Å². The van der Waals surface area contributed by atoms with Crippen LogP contribution in [0.15, 0.2) is 47.4 Å². The Hall–Kier alpha value is -3.12. The van der Waals surface area contributed by atoms with E-state index in [0.29, 0.717) is 0 Å². The van der Waals surface area contributed by atoms with E-state index in [1.165, 1.54) is 24.3 Å². The standard InChI is InChI=1S/C13H9N3O5S/c14-8-9-2-1-3-10(6-9)15-22(20,21)11-4-5-13(17)12(7-11)16(18)19/h1-7,15,17H. The molecule has 0 amide bonds. The summed E-state index contributed by atoms with van der Waals surface area (Å²) in [4.78, 5) is 9.48. The lowest BCUT2D eigenvalue weighted by Crippen LogP contribution is -2.13. The Morgan fingerprint density at radius 3 is 2.59 bits per heavy atom. The van der Waals surface area contributed by atoms with E-state index in [1.54, 1.807) is 0 Å². The van der Waals surface area contributed by atoms with Crippen molar-refractivity contribution in [3.05, 3.63) is 58.1 Å². The highest BCUT2D eigenvalue weighted by Gasteiger charge is 2.21. The van der Waals surface area contributed by atoms with Crippen LogP contribution in [0, 0.1) is 21.4 Å². The molecule has 0 aromatic heterocycles. The molecule has 0 heterocycles. The third kappa shape index (κ3) is 3.13. The zero-order chi connectivity index (χ0) is 16.3. The van der Waals surface area contributed by atoms with Crippen molar-refractivity contribution >= 4 is 21.4 Å². The van der Waals surface area contributed by atoms with Crippen LogP contribution >= 0.6 is 0 Å². The molecule has 0 aliphatic rings. The van der Waals surface area contributed by atoms with Gasteiger partial charge < -0.3 is 5.11 Å². The monoisotopic (exact) mass is 319 g/mol. The Balaban J connectivity index is 2.41. The molecule has 2 aromatic rings. The minimum atomic E-state index is -4.09. The summed E-state index contributed by atoms with van der Waals surface area (Å²) in [6.07, 6.45) is 0. The number of hydrogen-bond donors (Lipinski definition) is 2. The number of nitro benzene ring substituents is 1. The average Bonchev–Trinajstić information content (AvgIpc) is 2.46. The predicted molar refractivity (Wildman–Crippen MR) is 76.7 cm³/mol. The number of hydrogen-bond acceptors (Lipinski definition) is 6. The molecule has 22 heavy (non-hydrogen) atoms. The Bertz CT molecular complexity index is 887. The molecule has 0 fully saturated rings. The molecular weight excluding hydrogens is 310 g/mol. The lowest BCUT2D eigenvalue weighted by molar-refractivity contribution is -0.386. The number of rotatable bonds is 4. The summed E-state index contributed by atoms with van der Waals surface area (Å²) in [5.41, 5.74) is -0.305. The number of benzene rings is 2. The summed E-state index contributed by atoms with van der Waals surface area (Å²) in [5, 5.41) is 28.8. The van der Waals surface area contributed by atoms with Gasteiger partial charge in [0.05, 0.1) is 27.1 Å². The van der Waals surface area contributed by atoms with Crippen LogP contribution in [0.1, 0.15) is 5.56 Å². The second-order valence-corrected chi connectivity index (χ2v) is 5.89. The van der Waals surface area contributed by atoms with Crippen molar-refractivity contribution in [3.8, 4) is 11.8 Å². The zero-order valence-electron chi connectivity index (χ0n) is 10.9. The third-order valence-electron chi connectivity index (χ3n) is 2.70. The highest BCUT2D eigenvalue weighted by molar-refractivity contribution is 7.92. The molecule has 2 N–H and O–H groups in total. The fourth-order valence-electron chi connectivity index (χ4n) is 1.68. The van der Waals surface area contributed by atoms with Gasteiger partial charge in [-0.15, -0.1) is 0 Å². The summed E-state index contributed by atoms with van der Waals surface area (Å²) in [6, 6.07) is 10.4. The summed E-state index contributed by atoms with van der Waals surface area (Å²) in [7, 11) is -4.09. The Labute approximate surface area is 125 Å². The summed E-state index contributed by atoms with van der Waals surface area (Å²) >= 11 is 0. The molecule has 0 aliphatic carbocycles. The Kier molecular flexibility index (Phi) is 3.96. The second kappa shape index (κ2) is 5.71. The molecule has 0 radical (unpaired) electrons. The first-order valence-corrected chi connectivity index (χ1v) is 7.32. The maximum absolute atomic E-state index is 12.2. The van der Waals surface area contributed by atoms with Crippen LogP contribution in [0.3, 0.4) is 0 Å². The van der Waals surface area contributed by atoms with Crippen molar-refractivity contribution in [2.24, 2.45) is 0 Å².